The van der Waals surface area contributed by atoms with Gasteiger partial charge in [-0.3, -0.25) is 4.79 Å². The highest BCUT2D eigenvalue weighted by Gasteiger charge is 2.44. The Bertz CT molecular complexity index is 1310. The largest absolute Gasteiger partial charge is 0.494 e. The number of carbonyl (C=O) groups is 1. The number of carbonyl (C=O) groups excluding carboxylic acids is 1. The summed E-state index contributed by atoms with van der Waals surface area (Å²) in [5, 5.41) is 32.9. The van der Waals surface area contributed by atoms with E-state index < -0.39 is 30.5 Å². The van der Waals surface area contributed by atoms with Crippen molar-refractivity contribution in [2.24, 2.45) is 0 Å². The summed E-state index contributed by atoms with van der Waals surface area (Å²) in [7, 11) is 0. The van der Waals surface area contributed by atoms with Crippen LogP contribution in [0.25, 0.3) is 0 Å². The van der Waals surface area contributed by atoms with Crippen LogP contribution in [0.2, 0.25) is 5.02 Å². The van der Waals surface area contributed by atoms with Gasteiger partial charge in [0.05, 0.1) is 12.7 Å². The smallest absolute Gasteiger partial charge is 0.253 e. The molecule has 2 fully saturated rings. The molecule has 41 heavy (non-hydrogen) atoms. The van der Waals surface area contributed by atoms with Crippen LogP contribution in [0.15, 0.2) is 71.6 Å². The summed E-state index contributed by atoms with van der Waals surface area (Å²) in [5.41, 5.74) is 3.25. The maximum atomic E-state index is 12.6. The van der Waals surface area contributed by atoms with Crippen molar-refractivity contribution in [1.82, 2.24) is 4.90 Å². The minimum atomic E-state index is -1.37. The number of hydrogen-bond donors (Lipinski definition) is 3. The van der Waals surface area contributed by atoms with Gasteiger partial charge >= 0.3 is 0 Å². The van der Waals surface area contributed by atoms with E-state index in [9.17, 15) is 20.1 Å². The van der Waals surface area contributed by atoms with Gasteiger partial charge in [-0.1, -0.05) is 35.9 Å². The number of benzene rings is 3. The van der Waals surface area contributed by atoms with Gasteiger partial charge in [-0.25, -0.2) is 0 Å². The van der Waals surface area contributed by atoms with Crippen molar-refractivity contribution in [1.29, 1.82) is 0 Å². The molecule has 3 aromatic carbocycles. The van der Waals surface area contributed by atoms with Crippen molar-refractivity contribution in [3.05, 3.63) is 94.0 Å². The van der Waals surface area contributed by atoms with E-state index in [0.29, 0.717) is 34.9 Å². The molecule has 2 aliphatic heterocycles. The van der Waals surface area contributed by atoms with E-state index in [1.807, 2.05) is 66.4 Å². The van der Waals surface area contributed by atoms with Crippen LogP contribution in [-0.4, -0.2) is 76.0 Å². The summed E-state index contributed by atoms with van der Waals surface area (Å²) in [6.07, 6.45) is -2.82. The molecule has 0 unspecified atom stereocenters. The van der Waals surface area contributed by atoms with E-state index in [-0.39, 0.29) is 5.91 Å². The summed E-state index contributed by atoms with van der Waals surface area (Å²) < 4.78 is 11.7. The van der Waals surface area contributed by atoms with Gasteiger partial charge in [0.1, 0.15) is 30.2 Å². The second-order valence-corrected chi connectivity index (χ2v) is 12.0. The number of aliphatic hydroxyl groups excluding tert-OH is 3. The number of halogens is 1. The first-order valence-electron chi connectivity index (χ1n) is 14.1. The lowest BCUT2D eigenvalue weighted by Crippen LogP contribution is -2.54. The Morgan fingerprint density at radius 2 is 1.68 bits per heavy atom. The van der Waals surface area contributed by atoms with Gasteiger partial charge in [-0.15, -0.1) is 11.8 Å². The minimum Gasteiger partial charge on any atom is -0.494 e. The standard InChI is InChI=1S/C32H36ClNO6S/c1-2-39-24-10-5-20(6-11-24)17-23-18-22(9-14-26(23)33)31-30(37)29(36)28(35)27(40-31)19-41-25-12-7-21(8-13-25)32(38)34-15-3-4-16-34/h5-14,18,27-31,35-37H,2-4,15-17,19H2,1H3/t27-,28+,29-,30-,31+/m1/s1. The third-order valence-corrected chi connectivity index (χ3v) is 9.12. The van der Waals surface area contributed by atoms with Crippen LogP contribution in [0.4, 0.5) is 0 Å². The van der Waals surface area contributed by atoms with E-state index in [4.69, 9.17) is 21.1 Å². The van der Waals surface area contributed by atoms with E-state index >= 15 is 0 Å². The highest BCUT2D eigenvalue weighted by atomic mass is 35.5. The number of amides is 1. The maximum Gasteiger partial charge on any atom is 0.253 e. The molecule has 0 bridgehead atoms. The third-order valence-electron chi connectivity index (χ3n) is 7.65. The lowest BCUT2D eigenvalue weighted by molar-refractivity contribution is -0.218. The van der Waals surface area contributed by atoms with Gasteiger partial charge in [0.15, 0.2) is 0 Å². The molecule has 218 valence electrons. The van der Waals surface area contributed by atoms with Gasteiger partial charge in [-0.2, -0.15) is 0 Å². The van der Waals surface area contributed by atoms with Gasteiger partial charge in [0.25, 0.3) is 5.91 Å². The fourth-order valence-electron chi connectivity index (χ4n) is 5.34. The van der Waals surface area contributed by atoms with E-state index in [1.54, 1.807) is 12.1 Å². The van der Waals surface area contributed by atoms with Crippen LogP contribution in [-0.2, 0) is 11.2 Å². The lowest BCUT2D eigenvalue weighted by atomic mass is 9.90. The van der Waals surface area contributed by atoms with Gasteiger partial charge in [0, 0.05) is 34.3 Å². The van der Waals surface area contributed by atoms with E-state index in [2.05, 4.69) is 0 Å². The van der Waals surface area contributed by atoms with Crippen molar-refractivity contribution in [3.63, 3.8) is 0 Å². The average molecular weight is 598 g/mol. The number of nitrogens with zero attached hydrogens (tertiary/aromatic N) is 1. The maximum absolute atomic E-state index is 12.6. The fourth-order valence-corrected chi connectivity index (χ4v) is 6.48. The Hall–Kier alpha value is -2.59. The monoisotopic (exact) mass is 597 g/mol. The number of thioether (sulfide) groups is 1. The first kappa shape index (κ1) is 29.9. The Balaban J connectivity index is 1.25. The second kappa shape index (κ2) is 13.6. The molecule has 2 saturated heterocycles. The van der Waals surface area contributed by atoms with Crippen LogP contribution in [0.5, 0.6) is 5.75 Å². The Labute approximate surface area is 250 Å². The van der Waals surface area contributed by atoms with Crippen molar-refractivity contribution in [3.8, 4) is 5.75 Å². The van der Waals surface area contributed by atoms with Crippen LogP contribution in [0.1, 0.15) is 52.9 Å². The highest BCUT2D eigenvalue weighted by molar-refractivity contribution is 7.99. The van der Waals surface area contributed by atoms with Crippen molar-refractivity contribution < 1.29 is 29.6 Å². The molecule has 5 rings (SSSR count). The molecule has 9 heteroatoms. The zero-order chi connectivity index (χ0) is 28.9. The molecule has 0 saturated carbocycles. The predicted octanol–water partition coefficient (Wildman–Crippen LogP) is 4.88. The predicted molar refractivity (Wildman–Crippen MR) is 160 cm³/mol. The van der Waals surface area contributed by atoms with Gasteiger partial charge in [-0.05, 0) is 85.3 Å². The molecule has 5 atom stereocenters. The molecule has 0 aliphatic carbocycles. The normalized spacial score (nSPS) is 24.4. The molecule has 0 spiro atoms. The Morgan fingerprint density at radius 1 is 0.976 bits per heavy atom. The van der Waals surface area contributed by atoms with Crippen LogP contribution >= 0.6 is 23.4 Å². The van der Waals surface area contributed by atoms with Gasteiger partial charge < -0.3 is 29.7 Å². The molecule has 1 amide bonds. The summed E-state index contributed by atoms with van der Waals surface area (Å²) in [6, 6.07) is 20.7. The average Bonchev–Trinajstić information content (AvgIpc) is 3.53. The number of likely N-dealkylation sites (tertiary alicyclic amines) is 1. The summed E-state index contributed by atoms with van der Waals surface area (Å²) >= 11 is 7.99. The number of hydrogen-bond acceptors (Lipinski definition) is 7. The third kappa shape index (κ3) is 7.08. The molecule has 2 heterocycles. The molecule has 0 radical (unpaired) electrons. The van der Waals surface area contributed by atoms with Crippen molar-refractivity contribution >= 4 is 29.3 Å². The van der Waals surface area contributed by atoms with Crippen LogP contribution in [0.3, 0.4) is 0 Å². The Kier molecular flexibility index (Phi) is 9.91. The number of ether oxygens (including phenoxy) is 2. The molecular formula is C32H36ClNO6S. The molecule has 2 aliphatic rings. The van der Waals surface area contributed by atoms with E-state index in [0.717, 1.165) is 47.7 Å². The summed E-state index contributed by atoms with van der Waals surface area (Å²) in [4.78, 5) is 15.4. The zero-order valence-electron chi connectivity index (χ0n) is 23.0. The van der Waals surface area contributed by atoms with Crippen molar-refractivity contribution in [2.45, 2.75) is 61.6 Å². The van der Waals surface area contributed by atoms with Gasteiger partial charge in [0.2, 0.25) is 0 Å². The molecule has 7 nitrogen and oxygen atoms in total. The summed E-state index contributed by atoms with van der Waals surface area (Å²) in [6.45, 7) is 4.15. The lowest BCUT2D eigenvalue weighted by Gasteiger charge is -2.41. The van der Waals surface area contributed by atoms with Crippen molar-refractivity contribution in [2.75, 3.05) is 25.4 Å². The van der Waals surface area contributed by atoms with Crippen LogP contribution < -0.4 is 4.74 Å². The highest BCUT2D eigenvalue weighted by Crippen LogP contribution is 2.36. The first-order chi connectivity index (χ1) is 19.8. The Morgan fingerprint density at radius 3 is 2.37 bits per heavy atom. The molecule has 0 aromatic heterocycles. The molecule has 3 aromatic rings. The number of aliphatic hydroxyl groups is 3. The molecular weight excluding hydrogens is 562 g/mol. The van der Waals surface area contributed by atoms with Crippen LogP contribution in [0, 0.1) is 0 Å². The van der Waals surface area contributed by atoms with E-state index in [1.165, 1.54) is 11.8 Å². The minimum absolute atomic E-state index is 0.0508. The first-order valence-corrected chi connectivity index (χ1v) is 15.4. The fraction of sp³-hybridized carbons (Fsp3) is 0.406. The second-order valence-electron chi connectivity index (χ2n) is 10.5. The molecule has 3 N–H and O–H groups in total. The quantitative estimate of drug-likeness (QED) is 0.302. The zero-order valence-corrected chi connectivity index (χ0v) is 24.6. The number of rotatable bonds is 9. The SMILES string of the molecule is CCOc1ccc(Cc2cc([C@@H]3O[C@H](CSc4ccc(C(=O)N5CCCC5)cc4)[C@H](O)[C@@H](O)[C@H]3O)ccc2Cl)cc1. The topological polar surface area (TPSA) is 99.5 Å². The summed E-state index contributed by atoms with van der Waals surface area (Å²) in [5.74, 6) is 1.21.